The van der Waals surface area contributed by atoms with Crippen LogP contribution in [0.1, 0.15) is 30.6 Å². The summed E-state index contributed by atoms with van der Waals surface area (Å²) in [7, 11) is 0. The van der Waals surface area contributed by atoms with Crippen LogP contribution in [-0.2, 0) is 9.53 Å². The van der Waals surface area contributed by atoms with Crippen molar-refractivity contribution in [1.29, 1.82) is 0 Å². The maximum atomic E-state index is 12.0. The van der Waals surface area contributed by atoms with Crippen molar-refractivity contribution >= 4 is 17.6 Å². The topological polar surface area (TPSA) is 73.9 Å². The number of carbonyl (C=O) groups excluding carboxylic acids is 2. The van der Waals surface area contributed by atoms with Crippen LogP contribution >= 0.6 is 0 Å². The number of nitrogens with one attached hydrogen (secondary N) is 1. The summed E-state index contributed by atoms with van der Waals surface area (Å²) in [5.74, 6) is 0.425. The molecule has 0 saturated carbocycles. The summed E-state index contributed by atoms with van der Waals surface area (Å²) in [6, 6.07) is 13.7. The Kier molecular flexibility index (Phi) is 7.49. The van der Waals surface area contributed by atoms with Gasteiger partial charge in [0.25, 0.3) is 5.91 Å². The van der Waals surface area contributed by atoms with Gasteiger partial charge in [-0.05, 0) is 49.7 Å². The minimum atomic E-state index is -0.374. The molecule has 2 rings (SSSR count). The summed E-state index contributed by atoms with van der Waals surface area (Å²) >= 11 is 0. The van der Waals surface area contributed by atoms with Crippen molar-refractivity contribution in [3.05, 3.63) is 54.1 Å². The summed E-state index contributed by atoms with van der Waals surface area (Å²) in [5, 5.41) is 2.72. The zero-order valence-electron chi connectivity index (χ0n) is 15.0. The number of hydrogen-bond acceptors (Lipinski definition) is 5. The Morgan fingerprint density at radius 2 is 1.58 bits per heavy atom. The molecule has 0 radical (unpaired) electrons. The predicted molar refractivity (Wildman–Crippen MR) is 98.8 cm³/mol. The van der Waals surface area contributed by atoms with Crippen LogP contribution in [0.15, 0.2) is 48.5 Å². The van der Waals surface area contributed by atoms with E-state index in [4.69, 9.17) is 14.2 Å². The van der Waals surface area contributed by atoms with Crippen molar-refractivity contribution in [3.8, 4) is 11.5 Å². The van der Waals surface area contributed by atoms with Gasteiger partial charge in [0.2, 0.25) is 0 Å². The van der Waals surface area contributed by atoms with Crippen molar-refractivity contribution in [2.75, 3.05) is 25.1 Å². The van der Waals surface area contributed by atoms with Gasteiger partial charge in [-0.2, -0.15) is 0 Å². The first kappa shape index (κ1) is 19.3. The molecule has 0 aromatic heterocycles. The SMILES string of the molecule is CCCOC(=O)c1ccc(NC(=O)COc2ccccc2OCC)cc1. The van der Waals surface area contributed by atoms with Gasteiger partial charge in [0, 0.05) is 5.69 Å². The lowest BCUT2D eigenvalue weighted by atomic mass is 10.2. The van der Waals surface area contributed by atoms with E-state index in [9.17, 15) is 9.59 Å². The van der Waals surface area contributed by atoms with Crippen molar-refractivity contribution in [3.63, 3.8) is 0 Å². The van der Waals surface area contributed by atoms with Crippen molar-refractivity contribution in [2.45, 2.75) is 20.3 Å². The number of para-hydroxylation sites is 2. The number of esters is 1. The Balaban J connectivity index is 1.87. The lowest BCUT2D eigenvalue weighted by Gasteiger charge is -2.11. The van der Waals surface area contributed by atoms with Gasteiger partial charge in [0.15, 0.2) is 18.1 Å². The second-order valence-corrected chi connectivity index (χ2v) is 5.43. The molecule has 1 amide bonds. The lowest BCUT2D eigenvalue weighted by molar-refractivity contribution is -0.118. The van der Waals surface area contributed by atoms with E-state index in [1.54, 1.807) is 36.4 Å². The van der Waals surface area contributed by atoms with E-state index in [0.717, 1.165) is 6.42 Å². The number of anilines is 1. The van der Waals surface area contributed by atoms with Gasteiger partial charge >= 0.3 is 5.97 Å². The van der Waals surface area contributed by atoms with E-state index in [1.165, 1.54) is 0 Å². The van der Waals surface area contributed by atoms with Gasteiger partial charge in [-0.1, -0.05) is 19.1 Å². The second-order valence-electron chi connectivity index (χ2n) is 5.43. The Morgan fingerprint density at radius 3 is 2.19 bits per heavy atom. The molecule has 0 fully saturated rings. The van der Waals surface area contributed by atoms with Gasteiger partial charge in [-0.25, -0.2) is 4.79 Å². The van der Waals surface area contributed by atoms with E-state index in [2.05, 4.69) is 5.32 Å². The Bertz CT molecular complexity index is 727. The van der Waals surface area contributed by atoms with Crippen LogP contribution in [0.2, 0.25) is 0 Å². The normalized spacial score (nSPS) is 10.1. The molecular formula is C20H23NO5. The summed E-state index contributed by atoms with van der Waals surface area (Å²) in [5.41, 5.74) is 1.02. The van der Waals surface area contributed by atoms with Gasteiger partial charge in [0.05, 0.1) is 18.8 Å². The monoisotopic (exact) mass is 357 g/mol. The highest BCUT2D eigenvalue weighted by atomic mass is 16.5. The summed E-state index contributed by atoms with van der Waals surface area (Å²) in [6.07, 6.45) is 0.770. The fourth-order valence-electron chi connectivity index (χ4n) is 2.15. The molecule has 0 heterocycles. The van der Waals surface area contributed by atoms with E-state index in [1.807, 2.05) is 26.0 Å². The molecule has 0 aliphatic carbocycles. The molecule has 26 heavy (non-hydrogen) atoms. The van der Waals surface area contributed by atoms with Crippen LogP contribution in [0.5, 0.6) is 11.5 Å². The van der Waals surface area contributed by atoms with Gasteiger partial charge in [0.1, 0.15) is 0 Å². The fraction of sp³-hybridized carbons (Fsp3) is 0.300. The molecular weight excluding hydrogens is 334 g/mol. The van der Waals surface area contributed by atoms with Crippen LogP contribution in [0, 0.1) is 0 Å². The number of carbonyl (C=O) groups is 2. The smallest absolute Gasteiger partial charge is 0.338 e. The van der Waals surface area contributed by atoms with Crippen LogP contribution in [0.25, 0.3) is 0 Å². The first-order chi connectivity index (χ1) is 12.6. The number of hydrogen-bond donors (Lipinski definition) is 1. The summed E-state index contributed by atoms with van der Waals surface area (Å²) < 4.78 is 16.0. The van der Waals surface area contributed by atoms with Gasteiger partial charge < -0.3 is 19.5 Å². The van der Waals surface area contributed by atoms with Crippen molar-refractivity contribution < 1.29 is 23.8 Å². The molecule has 1 N–H and O–H groups in total. The van der Waals surface area contributed by atoms with E-state index < -0.39 is 0 Å². The standard InChI is InChI=1S/C20H23NO5/c1-3-13-25-20(23)15-9-11-16(12-10-15)21-19(22)14-26-18-8-6-5-7-17(18)24-4-2/h5-12H,3-4,13-14H2,1-2H3,(H,21,22). The third kappa shape index (κ3) is 5.81. The number of rotatable bonds is 9. The van der Waals surface area contributed by atoms with E-state index >= 15 is 0 Å². The number of amides is 1. The maximum absolute atomic E-state index is 12.0. The summed E-state index contributed by atoms with van der Waals surface area (Å²) in [6.45, 7) is 4.56. The predicted octanol–water partition coefficient (Wildman–Crippen LogP) is 3.67. The first-order valence-corrected chi connectivity index (χ1v) is 8.55. The molecule has 0 aliphatic rings. The molecule has 0 atom stereocenters. The average Bonchev–Trinajstić information content (AvgIpc) is 2.66. The number of ether oxygens (including phenoxy) is 3. The molecule has 6 nitrogen and oxygen atoms in total. The average molecular weight is 357 g/mol. The minimum absolute atomic E-state index is 0.148. The zero-order chi connectivity index (χ0) is 18.8. The van der Waals surface area contributed by atoms with Crippen molar-refractivity contribution in [2.24, 2.45) is 0 Å². The van der Waals surface area contributed by atoms with Crippen LogP contribution in [-0.4, -0.2) is 31.7 Å². The molecule has 0 bridgehead atoms. The van der Waals surface area contributed by atoms with E-state index in [-0.39, 0.29) is 18.5 Å². The molecule has 0 unspecified atom stereocenters. The van der Waals surface area contributed by atoms with Gasteiger partial charge in [-0.3, -0.25) is 4.79 Å². The Hall–Kier alpha value is -3.02. The van der Waals surface area contributed by atoms with Gasteiger partial charge in [-0.15, -0.1) is 0 Å². The third-order valence-corrected chi connectivity index (χ3v) is 3.35. The fourth-order valence-corrected chi connectivity index (χ4v) is 2.15. The molecule has 0 saturated heterocycles. The first-order valence-electron chi connectivity index (χ1n) is 8.55. The largest absolute Gasteiger partial charge is 0.490 e. The van der Waals surface area contributed by atoms with Crippen LogP contribution in [0.4, 0.5) is 5.69 Å². The highest BCUT2D eigenvalue weighted by Gasteiger charge is 2.09. The quantitative estimate of drug-likeness (QED) is 0.693. The van der Waals surface area contributed by atoms with E-state index in [0.29, 0.717) is 36.0 Å². The molecule has 0 aliphatic heterocycles. The molecule has 6 heteroatoms. The molecule has 2 aromatic rings. The van der Waals surface area contributed by atoms with Crippen molar-refractivity contribution in [1.82, 2.24) is 0 Å². The zero-order valence-corrected chi connectivity index (χ0v) is 15.0. The Morgan fingerprint density at radius 1 is 0.923 bits per heavy atom. The third-order valence-electron chi connectivity index (χ3n) is 3.35. The molecule has 138 valence electrons. The lowest BCUT2D eigenvalue weighted by Crippen LogP contribution is -2.20. The Labute approximate surface area is 153 Å². The second kappa shape index (κ2) is 10.1. The van der Waals surface area contributed by atoms with Crippen LogP contribution < -0.4 is 14.8 Å². The number of benzene rings is 2. The maximum Gasteiger partial charge on any atom is 0.338 e. The summed E-state index contributed by atoms with van der Waals surface area (Å²) in [4.78, 5) is 23.8. The molecule has 0 spiro atoms. The highest BCUT2D eigenvalue weighted by molar-refractivity contribution is 5.93. The highest BCUT2D eigenvalue weighted by Crippen LogP contribution is 2.26. The molecule has 2 aromatic carbocycles. The van der Waals surface area contributed by atoms with Crippen LogP contribution in [0.3, 0.4) is 0 Å². The minimum Gasteiger partial charge on any atom is -0.490 e.